The third-order valence-electron chi connectivity index (χ3n) is 2.51. The second-order valence-corrected chi connectivity index (χ2v) is 3.72. The standard InChI is InChI=1S/C12H10F3NO2/c1-18-11-8(10(17)12(13,14)15)6-7-4-2-3-5-9(7)16-11/h2-6,10,17H,1H3/t10-/m1/s1. The van der Waals surface area contributed by atoms with Gasteiger partial charge < -0.3 is 9.84 Å². The number of hydrogen-bond acceptors (Lipinski definition) is 3. The summed E-state index contributed by atoms with van der Waals surface area (Å²) >= 11 is 0. The molecule has 2 rings (SSSR count). The second kappa shape index (κ2) is 4.45. The first kappa shape index (κ1) is 12.6. The molecular weight excluding hydrogens is 247 g/mol. The van der Waals surface area contributed by atoms with E-state index in [0.717, 1.165) is 0 Å². The van der Waals surface area contributed by atoms with Crippen molar-refractivity contribution in [3.8, 4) is 5.88 Å². The van der Waals surface area contributed by atoms with Crippen molar-refractivity contribution < 1.29 is 23.0 Å². The van der Waals surface area contributed by atoms with Crippen LogP contribution >= 0.6 is 0 Å². The number of fused-ring (bicyclic) bond motifs is 1. The highest BCUT2D eigenvalue weighted by Crippen LogP contribution is 2.37. The number of halogens is 3. The number of alkyl halides is 3. The van der Waals surface area contributed by atoms with Crippen molar-refractivity contribution in [1.29, 1.82) is 0 Å². The van der Waals surface area contributed by atoms with Gasteiger partial charge in [0.1, 0.15) is 0 Å². The van der Waals surface area contributed by atoms with Gasteiger partial charge in [-0.3, -0.25) is 0 Å². The first-order chi connectivity index (χ1) is 8.43. The van der Waals surface area contributed by atoms with E-state index in [1.165, 1.54) is 13.2 Å². The third-order valence-corrected chi connectivity index (χ3v) is 2.51. The quantitative estimate of drug-likeness (QED) is 0.899. The fourth-order valence-electron chi connectivity index (χ4n) is 1.65. The van der Waals surface area contributed by atoms with Crippen LogP contribution in [-0.2, 0) is 0 Å². The highest BCUT2D eigenvalue weighted by molar-refractivity contribution is 5.80. The Bertz CT molecular complexity index is 569. The largest absolute Gasteiger partial charge is 0.481 e. The van der Waals surface area contributed by atoms with Crippen molar-refractivity contribution in [2.24, 2.45) is 0 Å². The van der Waals surface area contributed by atoms with Crippen LogP contribution in [0, 0.1) is 0 Å². The molecule has 6 heteroatoms. The van der Waals surface area contributed by atoms with Crippen LogP contribution in [0.2, 0.25) is 0 Å². The van der Waals surface area contributed by atoms with Crippen molar-refractivity contribution in [3.63, 3.8) is 0 Å². The smallest absolute Gasteiger partial charge is 0.418 e. The van der Waals surface area contributed by atoms with E-state index < -0.39 is 12.3 Å². The maximum absolute atomic E-state index is 12.5. The van der Waals surface area contributed by atoms with Gasteiger partial charge >= 0.3 is 6.18 Å². The van der Waals surface area contributed by atoms with Crippen LogP contribution < -0.4 is 4.74 Å². The zero-order valence-corrected chi connectivity index (χ0v) is 9.40. The molecule has 3 nitrogen and oxygen atoms in total. The lowest BCUT2D eigenvalue weighted by atomic mass is 10.1. The van der Waals surface area contributed by atoms with Crippen molar-refractivity contribution in [3.05, 3.63) is 35.9 Å². The summed E-state index contributed by atoms with van der Waals surface area (Å²) in [5.74, 6) is -0.224. The Labute approximate surface area is 101 Å². The number of nitrogens with zero attached hydrogens (tertiary/aromatic N) is 1. The van der Waals surface area contributed by atoms with Crippen molar-refractivity contribution in [2.75, 3.05) is 7.11 Å². The van der Waals surface area contributed by atoms with Gasteiger partial charge in [-0.25, -0.2) is 4.98 Å². The van der Waals surface area contributed by atoms with Gasteiger partial charge in [-0.2, -0.15) is 13.2 Å². The Balaban J connectivity index is 2.62. The van der Waals surface area contributed by atoms with Gasteiger partial charge in [-0.1, -0.05) is 18.2 Å². The summed E-state index contributed by atoms with van der Waals surface area (Å²) in [6, 6.07) is 7.91. The van der Waals surface area contributed by atoms with E-state index in [4.69, 9.17) is 4.74 Å². The molecule has 0 fully saturated rings. The molecule has 1 aromatic heterocycles. The van der Waals surface area contributed by atoms with E-state index in [1.54, 1.807) is 24.3 Å². The first-order valence-corrected chi connectivity index (χ1v) is 5.12. The van der Waals surface area contributed by atoms with Gasteiger partial charge in [0, 0.05) is 5.39 Å². The van der Waals surface area contributed by atoms with E-state index >= 15 is 0 Å². The van der Waals surface area contributed by atoms with Crippen LogP contribution in [-0.4, -0.2) is 23.4 Å². The van der Waals surface area contributed by atoms with Crippen LogP contribution in [0.5, 0.6) is 5.88 Å². The molecule has 18 heavy (non-hydrogen) atoms. The molecule has 0 unspecified atom stereocenters. The molecule has 1 atom stereocenters. The SMILES string of the molecule is COc1nc2ccccc2cc1[C@@H](O)C(F)(F)F. The molecule has 1 aromatic carbocycles. The molecule has 0 spiro atoms. The van der Waals surface area contributed by atoms with Gasteiger partial charge in [0.25, 0.3) is 0 Å². The normalized spacial score (nSPS) is 13.6. The maximum Gasteiger partial charge on any atom is 0.418 e. The lowest BCUT2D eigenvalue weighted by Gasteiger charge is -2.17. The zero-order chi connectivity index (χ0) is 13.3. The predicted molar refractivity (Wildman–Crippen MR) is 59.3 cm³/mol. The third kappa shape index (κ3) is 2.24. The number of ether oxygens (including phenoxy) is 1. The molecule has 0 saturated heterocycles. The average Bonchev–Trinajstić information content (AvgIpc) is 2.35. The highest BCUT2D eigenvalue weighted by atomic mass is 19.4. The Morgan fingerprint density at radius 1 is 1.28 bits per heavy atom. The summed E-state index contributed by atoms with van der Waals surface area (Å²) in [4.78, 5) is 3.95. The first-order valence-electron chi connectivity index (χ1n) is 5.12. The summed E-state index contributed by atoms with van der Waals surface area (Å²) < 4.78 is 42.4. The fraction of sp³-hybridized carbons (Fsp3) is 0.250. The van der Waals surface area contributed by atoms with Crippen molar-refractivity contribution in [2.45, 2.75) is 12.3 Å². The molecule has 0 saturated carbocycles. The van der Waals surface area contributed by atoms with E-state index in [-0.39, 0.29) is 11.4 Å². The van der Waals surface area contributed by atoms with Crippen LogP contribution in [0.15, 0.2) is 30.3 Å². The molecule has 0 aliphatic carbocycles. The maximum atomic E-state index is 12.5. The average molecular weight is 257 g/mol. The summed E-state index contributed by atoms with van der Waals surface area (Å²) in [7, 11) is 1.21. The molecular formula is C12H10F3NO2. The Kier molecular flexibility index (Phi) is 3.13. The summed E-state index contributed by atoms with van der Waals surface area (Å²) in [6.07, 6.45) is -7.36. The Hall–Kier alpha value is -1.82. The number of hydrogen-bond donors (Lipinski definition) is 1. The highest BCUT2D eigenvalue weighted by Gasteiger charge is 2.41. The molecule has 1 N–H and O–H groups in total. The fourth-order valence-corrected chi connectivity index (χ4v) is 1.65. The second-order valence-electron chi connectivity index (χ2n) is 3.72. The van der Waals surface area contributed by atoms with E-state index in [9.17, 15) is 18.3 Å². The number of aliphatic hydroxyl groups excluding tert-OH is 1. The Morgan fingerprint density at radius 3 is 2.56 bits per heavy atom. The zero-order valence-electron chi connectivity index (χ0n) is 9.40. The molecule has 0 radical (unpaired) electrons. The molecule has 1 heterocycles. The summed E-state index contributed by atoms with van der Waals surface area (Å²) in [6.45, 7) is 0. The van der Waals surface area contributed by atoms with E-state index in [0.29, 0.717) is 10.9 Å². The molecule has 2 aromatic rings. The van der Waals surface area contributed by atoms with Gasteiger partial charge in [-0.05, 0) is 12.1 Å². The number of benzene rings is 1. The van der Waals surface area contributed by atoms with Crippen LogP contribution in [0.3, 0.4) is 0 Å². The monoisotopic (exact) mass is 257 g/mol. The van der Waals surface area contributed by atoms with Crippen molar-refractivity contribution in [1.82, 2.24) is 4.98 Å². The number of rotatable bonds is 2. The predicted octanol–water partition coefficient (Wildman–Crippen LogP) is 2.84. The van der Waals surface area contributed by atoms with Gasteiger partial charge in [0.15, 0.2) is 6.10 Å². The molecule has 0 amide bonds. The minimum absolute atomic E-state index is 0.224. The van der Waals surface area contributed by atoms with Crippen LogP contribution in [0.4, 0.5) is 13.2 Å². The molecule has 96 valence electrons. The number of para-hydroxylation sites is 1. The van der Waals surface area contributed by atoms with Crippen LogP contribution in [0.1, 0.15) is 11.7 Å². The van der Waals surface area contributed by atoms with Gasteiger partial charge in [-0.15, -0.1) is 0 Å². The molecule has 0 bridgehead atoms. The van der Waals surface area contributed by atoms with Gasteiger partial charge in [0.2, 0.25) is 5.88 Å². The van der Waals surface area contributed by atoms with E-state index in [1.807, 2.05) is 0 Å². The van der Waals surface area contributed by atoms with Gasteiger partial charge in [0.05, 0.1) is 18.2 Å². The van der Waals surface area contributed by atoms with Crippen molar-refractivity contribution >= 4 is 10.9 Å². The molecule has 0 aliphatic rings. The lowest BCUT2D eigenvalue weighted by Crippen LogP contribution is -2.21. The summed E-state index contributed by atoms with van der Waals surface area (Å²) in [5, 5.41) is 9.79. The topological polar surface area (TPSA) is 42.4 Å². The minimum Gasteiger partial charge on any atom is -0.481 e. The number of aromatic nitrogens is 1. The lowest BCUT2D eigenvalue weighted by molar-refractivity contribution is -0.207. The minimum atomic E-state index is -4.75. The van der Waals surface area contributed by atoms with E-state index in [2.05, 4.69) is 4.98 Å². The molecule has 0 aliphatic heterocycles. The number of aliphatic hydroxyl groups is 1. The Morgan fingerprint density at radius 2 is 1.94 bits per heavy atom. The van der Waals surface area contributed by atoms with Crippen LogP contribution in [0.25, 0.3) is 10.9 Å². The summed E-state index contributed by atoms with van der Waals surface area (Å²) in [5.41, 5.74) is 0.121. The number of pyridine rings is 1. The number of methoxy groups -OCH3 is 1.